The van der Waals surface area contributed by atoms with E-state index in [1.165, 1.54) is 0 Å². The second kappa shape index (κ2) is 7.90. The molecule has 0 atom stereocenters. The Bertz CT molecular complexity index is 731. The van der Waals surface area contributed by atoms with E-state index in [1.54, 1.807) is 29.2 Å². The molecule has 7 nitrogen and oxygen atoms in total. The topological polar surface area (TPSA) is 86.8 Å². The fourth-order valence-electron chi connectivity index (χ4n) is 3.55. The molecule has 4 amide bonds. The van der Waals surface area contributed by atoms with Crippen molar-refractivity contribution in [2.45, 2.75) is 39.2 Å². The lowest BCUT2D eigenvalue weighted by atomic mass is 10.0. The summed E-state index contributed by atoms with van der Waals surface area (Å²) < 4.78 is 0. The average Bonchev–Trinajstić information content (AvgIpc) is 2.87. The van der Waals surface area contributed by atoms with Crippen molar-refractivity contribution in [3.8, 4) is 0 Å². The number of carbonyl (C=O) groups is 4. The zero-order valence-corrected chi connectivity index (χ0v) is 15.7. The Morgan fingerprint density at radius 2 is 1.63 bits per heavy atom. The van der Waals surface area contributed by atoms with Gasteiger partial charge in [0.25, 0.3) is 11.8 Å². The highest BCUT2D eigenvalue weighted by atomic mass is 16.2. The van der Waals surface area contributed by atoms with E-state index in [0.29, 0.717) is 49.4 Å². The third-order valence-electron chi connectivity index (χ3n) is 4.98. The van der Waals surface area contributed by atoms with Crippen LogP contribution in [0.4, 0.5) is 0 Å². The van der Waals surface area contributed by atoms with E-state index in [1.807, 2.05) is 13.8 Å². The van der Waals surface area contributed by atoms with Crippen LogP contribution < -0.4 is 5.32 Å². The van der Waals surface area contributed by atoms with Gasteiger partial charge in [-0.15, -0.1) is 0 Å². The Morgan fingerprint density at radius 1 is 1.07 bits per heavy atom. The summed E-state index contributed by atoms with van der Waals surface area (Å²) in [6.45, 7) is 4.78. The van der Waals surface area contributed by atoms with Crippen LogP contribution in [-0.2, 0) is 9.59 Å². The molecule has 0 radical (unpaired) electrons. The molecule has 1 saturated heterocycles. The summed E-state index contributed by atoms with van der Waals surface area (Å²) in [6, 6.07) is 6.68. The lowest BCUT2D eigenvalue weighted by Crippen LogP contribution is -2.49. The first-order chi connectivity index (χ1) is 12.9. The summed E-state index contributed by atoms with van der Waals surface area (Å²) in [5.74, 6) is -0.719. The first kappa shape index (κ1) is 19.1. The van der Waals surface area contributed by atoms with Crippen LogP contribution in [0.2, 0.25) is 0 Å². The van der Waals surface area contributed by atoms with Crippen molar-refractivity contribution in [3.63, 3.8) is 0 Å². The van der Waals surface area contributed by atoms with Crippen LogP contribution in [-0.4, -0.2) is 59.1 Å². The standard InChI is InChI=1S/C20H25N3O4/c1-13(2)11-17(24)21-14-7-9-22(10-8-14)18(25)12-23-19(26)15-5-3-4-6-16(15)20(23)27/h3-6,13-14H,7-12H2,1-2H3,(H,21,24). The quantitative estimate of drug-likeness (QED) is 0.794. The van der Waals surface area contributed by atoms with E-state index < -0.39 is 11.8 Å². The van der Waals surface area contributed by atoms with E-state index in [4.69, 9.17) is 0 Å². The van der Waals surface area contributed by atoms with Crippen LogP contribution in [0.15, 0.2) is 24.3 Å². The van der Waals surface area contributed by atoms with Gasteiger partial charge >= 0.3 is 0 Å². The molecule has 7 heteroatoms. The van der Waals surface area contributed by atoms with Crippen molar-refractivity contribution in [2.75, 3.05) is 19.6 Å². The summed E-state index contributed by atoms with van der Waals surface area (Å²) >= 11 is 0. The van der Waals surface area contributed by atoms with Crippen molar-refractivity contribution >= 4 is 23.6 Å². The average molecular weight is 371 g/mol. The van der Waals surface area contributed by atoms with Gasteiger partial charge in [-0.25, -0.2) is 0 Å². The van der Waals surface area contributed by atoms with Crippen molar-refractivity contribution < 1.29 is 19.2 Å². The Balaban J connectivity index is 1.51. The molecule has 0 aromatic heterocycles. The lowest BCUT2D eigenvalue weighted by Gasteiger charge is -2.33. The summed E-state index contributed by atoms with van der Waals surface area (Å²) in [5.41, 5.74) is 0.698. The third-order valence-corrected chi connectivity index (χ3v) is 4.98. The van der Waals surface area contributed by atoms with Gasteiger partial charge in [0, 0.05) is 25.6 Å². The minimum atomic E-state index is -0.417. The number of benzene rings is 1. The van der Waals surface area contributed by atoms with Crippen LogP contribution in [0.1, 0.15) is 53.8 Å². The zero-order chi connectivity index (χ0) is 19.6. The summed E-state index contributed by atoms with van der Waals surface area (Å²) in [6.07, 6.45) is 1.86. The van der Waals surface area contributed by atoms with Crippen LogP contribution in [0.25, 0.3) is 0 Å². The highest BCUT2D eigenvalue weighted by Crippen LogP contribution is 2.22. The first-order valence-corrected chi connectivity index (χ1v) is 9.39. The van der Waals surface area contributed by atoms with Gasteiger partial charge in [0.2, 0.25) is 11.8 Å². The Morgan fingerprint density at radius 3 is 2.15 bits per heavy atom. The molecule has 0 saturated carbocycles. The number of piperidine rings is 1. The Kier molecular flexibility index (Phi) is 5.58. The second-order valence-electron chi connectivity index (χ2n) is 7.56. The lowest BCUT2D eigenvalue weighted by molar-refractivity contribution is -0.132. The number of likely N-dealkylation sites (tertiary alicyclic amines) is 1. The van der Waals surface area contributed by atoms with Crippen LogP contribution in [0, 0.1) is 5.92 Å². The molecule has 1 aromatic carbocycles. The number of rotatable bonds is 5. The molecule has 1 fully saturated rings. The number of nitrogens with one attached hydrogen (secondary N) is 1. The maximum absolute atomic E-state index is 12.6. The van der Waals surface area contributed by atoms with Crippen LogP contribution >= 0.6 is 0 Å². The van der Waals surface area contributed by atoms with E-state index in [-0.39, 0.29) is 24.4 Å². The molecule has 2 heterocycles. The SMILES string of the molecule is CC(C)CC(=O)NC1CCN(C(=O)CN2C(=O)c3ccccc3C2=O)CC1. The molecule has 0 aliphatic carbocycles. The van der Waals surface area contributed by atoms with Gasteiger partial charge in [-0.2, -0.15) is 0 Å². The first-order valence-electron chi connectivity index (χ1n) is 9.39. The highest BCUT2D eigenvalue weighted by molar-refractivity contribution is 6.22. The maximum atomic E-state index is 12.6. The molecule has 0 spiro atoms. The Labute approximate surface area is 158 Å². The van der Waals surface area contributed by atoms with Crippen LogP contribution in [0.5, 0.6) is 0 Å². The summed E-state index contributed by atoms with van der Waals surface area (Å²) in [5, 5.41) is 3.01. The molecule has 0 bridgehead atoms. The fourth-order valence-corrected chi connectivity index (χ4v) is 3.55. The minimum absolute atomic E-state index is 0.0424. The van der Waals surface area contributed by atoms with Crippen LogP contribution in [0.3, 0.4) is 0 Å². The van der Waals surface area contributed by atoms with E-state index in [9.17, 15) is 19.2 Å². The van der Waals surface area contributed by atoms with Crippen molar-refractivity contribution in [3.05, 3.63) is 35.4 Å². The van der Waals surface area contributed by atoms with Gasteiger partial charge in [-0.05, 0) is 30.9 Å². The van der Waals surface area contributed by atoms with Gasteiger partial charge in [0.1, 0.15) is 6.54 Å². The minimum Gasteiger partial charge on any atom is -0.353 e. The maximum Gasteiger partial charge on any atom is 0.262 e. The second-order valence-corrected chi connectivity index (χ2v) is 7.56. The number of carbonyl (C=O) groups excluding carboxylic acids is 4. The number of imide groups is 1. The van der Waals surface area contributed by atoms with Gasteiger partial charge in [-0.1, -0.05) is 26.0 Å². The zero-order valence-electron chi connectivity index (χ0n) is 15.7. The van der Waals surface area contributed by atoms with E-state index >= 15 is 0 Å². The van der Waals surface area contributed by atoms with Crippen molar-refractivity contribution in [2.24, 2.45) is 5.92 Å². The summed E-state index contributed by atoms with van der Waals surface area (Å²) in [7, 11) is 0. The number of nitrogens with zero attached hydrogens (tertiary/aromatic N) is 2. The molecule has 0 unspecified atom stereocenters. The van der Waals surface area contributed by atoms with Crippen molar-refractivity contribution in [1.82, 2.24) is 15.1 Å². The molecule has 2 aliphatic heterocycles. The number of amides is 4. The Hall–Kier alpha value is -2.70. The molecule has 3 rings (SSSR count). The van der Waals surface area contributed by atoms with E-state index in [2.05, 4.69) is 5.32 Å². The number of hydrogen-bond acceptors (Lipinski definition) is 4. The molecular formula is C20H25N3O4. The fraction of sp³-hybridized carbons (Fsp3) is 0.500. The van der Waals surface area contributed by atoms with Gasteiger partial charge in [0.05, 0.1) is 11.1 Å². The predicted molar refractivity (Wildman–Crippen MR) is 99.0 cm³/mol. The van der Waals surface area contributed by atoms with Gasteiger partial charge in [-0.3, -0.25) is 24.1 Å². The summed E-state index contributed by atoms with van der Waals surface area (Å²) in [4.78, 5) is 51.9. The molecule has 2 aliphatic rings. The number of fused-ring (bicyclic) bond motifs is 1. The van der Waals surface area contributed by atoms with Crippen molar-refractivity contribution in [1.29, 1.82) is 0 Å². The van der Waals surface area contributed by atoms with Gasteiger partial charge in [0.15, 0.2) is 0 Å². The highest BCUT2D eigenvalue weighted by Gasteiger charge is 2.37. The largest absolute Gasteiger partial charge is 0.353 e. The molecule has 1 N–H and O–H groups in total. The smallest absolute Gasteiger partial charge is 0.262 e. The van der Waals surface area contributed by atoms with Gasteiger partial charge < -0.3 is 10.2 Å². The molecule has 27 heavy (non-hydrogen) atoms. The monoisotopic (exact) mass is 371 g/mol. The normalized spacial score (nSPS) is 17.4. The molecule has 1 aromatic rings. The number of hydrogen-bond donors (Lipinski definition) is 1. The molecule has 144 valence electrons. The van der Waals surface area contributed by atoms with E-state index in [0.717, 1.165) is 4.90 Å². The molecular weight excluding hydrogens is 346 g/mol. The predicted octanol–water partition coefficient (Wildman–Crippen LogP) is 1.44. The third kappa shape index (κ3) is 4.18.